The number of rotatable bonds is 5. The average molecular weight is 327 g/mol. The van der Waals surface area contributed by atoms with Crippen molar-refractivity contribution in [2.75, 3.05) is 5.43 Å². The van der Waals surface area contributed by atoms with Crippen LogP contribution >= 0.6 is 28.1 Å². The smallest absolute Gasteiger partial charge is 0.214 e. The summed E-state index contributed by atoms with van der Waals surface area (Å²) in [4.78, 5) is 0. The number of aromatic amines is 1. The van der Waals surface area contributed by atoms with Gasteiger partial charge in [-0.1, -0.05) is 35.0 Å². The lowest BCUT2D eigenvalue weighted by Gasteiger charge is -2.09. The molecule has 1 heterocycles. The van der Waals surface area contributed by atoms with E-state index in [1.807, 2.05) is 16.8 Å². The fourth-order valence-electron chi connectivity index (χ4n) is 1.66. The molecule has 1 aromatic heterocycles. The van der Waals surface area contributed by atoms with Gasteiger partial charge in [0.1, 0.15) is 0 Å². The van der Waals surface area contributed by atoms with Gasteiger partial charge >= 0.3 is 0 Å². The molecule has 0 fully saturated rings. The quantitative estimate of drug-likeness (QED) is 0.828. The molecule has 2 rings (SSSR count). The molecule has 1 aromatic carbocycles. The minimum atomic E-state index is 0.607. The van der Waals surface area contributed by atoms with Crippen LogP contribution in [-0.4, -0.2) is 14.9 Å². The summed E-state index contributed by atoms with van der Waals surface area (Å²) in [6, 6.07) is 8.19. The van der Waals surface area contributed by atoms with Crippen molar-refractivity contribution >= 4 is 28.1 Å². The second-order valence-corrected chi connectivity index (χ2v) is 5.29. The third kappa shape index (κ3) is 3.20. The summed E-state index contributed by atoms with van der Waals surface area (Å²) in [5, 5.41) is 7.02. The van der Waals surface area contributed by atoms with Crippen LogP contribution in [0.2, 0.25) is 0 Å². The Morgan fingerprint density at radius 2 is 2.11 bits per heavy atom. The fraction of sp³-hybridized carbons (Fsp3) is 0.333. The van der Waals surface area contributed by atoms with E-state index >= 15 is 0 Å². The van der Waals surface area contributed by atoms with Gasteiger partial charge in [0, 0.05) is 10.9 Å². The molecule has 2 aromatic rings. The van der Waals surface area contributed by atoms with Gasteiger partial charge in [-0.2, -0.15) is 5.10 Å². The second-order valence-electron chi connectivity index (χ2n) is 3.99. The highest BCUT2D eigenvalue weighted by Crippen LogP contribution is 2.10. The highest BCUT2D eigenvalue weighted by atomic mass is 79.9. The van der Waals surface area contributed by atoms with Gasteiger partial charge in [-0.05, 0) is 36.3 Å². The van der Waals surface area contributed by atoms with Crippen LogP contribution in [0.3, 0.4) is 0 Å². The molecule has 0 aliphatic carbocycles. The molecule has 0 unspecified atom stereocenters. The summed E-state index contributed by atoms with van der Waals surface area (Å²) in [6.07, 6.45) is 1.94. The average Bonchev–Trinajstić information content (AvgIpc) is 2.71. The maximum absolute atomic E-state index is 5.20. The monoisotopic (exact) mass is 326 g/mol. The van der Waals surface area contributed by atoms with E-state index in [2.05, 4.69) is 50.6 Å². The third-order valence-corrected chi connectivity index (χ3v) is 3.37. The number of hydrogen-bond donors (Lipinski definition) is 2. The minimum absolute atomic E-state index is 0.607. The number of nitrogens with one attached hydrogen (secondary N) is 2. The lowest BCUT2D eigenvalue weighted by molar-refractivity contribution is 0.731. The van der Waals surface area contributed by atoms with Crippen molar-refractivity contribution in [3.8, 4) is 0 Å². The van der Waals surface area contributed by atoms with Crippen molar-refractivity contribution < 1.29 is 0 Å². The van der Waals surface area contributed by atoms with Gasteiger partial charge in [0.15, 0.2) is 5.82 Å². The van der Waals surface area contributed by atoms with Gasteiger partial charge in [-0.3, -0.25) is 5.10 Å². The van der Waals surface area contributed by atoms with Crippen LogP contribution in [-0.2, 0) is 13.0 Å². The van der Waals surface area contributed by atoms with E-state index in [4.69, 9.17) is 12.2 Å². The molecule has 0 radical (unpaired) electrons. The van der Waals surface area contributed by atoms with E-state index in [0.29, 0.717) is 4.77 Å². The van der Waals surface area contributed by atoms with Crippen molar-refractivity contribution in [3.63, 3.8) is 0 Å². The standard InChI is InChI=1S/C12H15BrN4S/c1-2-3-11-15-16-12(18)17(11)14-8-9-4-6-10(13)7-5-9/h4-7,14H,2-3,8H2,1H3,(H,16,18). The zero-order chi connectivity index (χ0) is 13.0. The molecule has 6 heteroatoms. The number of halogens is 1. The van der Waals surface area contributed by atoms with Crippen LogP contribution in [0.1, 0.15) is 24.7 Å². The van der Waals surface area contributed by atoms with Crippen LogP contribution in [0, 0.1) is 4.77 Å². The van der Waals surface area contributed by atoms with Crippen molar-refractivity contribution in [2.24, 2.45) is 0 Å². The first-order valence-electron chi connectivity index (χ1n) is 5.85. The Labute approximate surface area is 120 Å². The van der Waals surface area contributed by atoms with Gasteiger partial charge in [-0.25, -0.2) is 4.68 Å². The maximum atomic E-state index is 5.20. The SMILES string of the molecule is CCCc1n[nH]c(=S)n1NCc1ccc(Br)cc1. The summed E-state index contributed by atoms with van der Waals surface area (Å²) in [6.45, 7) is 2.84. The lowest BCUT2D eigenvalue weighted by atomic mass is 10.2. The topological polar surface area (TPSA) is 45.6 Å². The second kappa shape index (κ2) is 6.15. The molecule has 4 nitrogen and oxygen atoms in total. The highest BCUT2D eigenvalue weighted by molar-refractivity contribution is 9.10. The number of H-pyrrole nitrogens is 1. The molecule has 0 aliphatic heterocycles. The number of nitrogens with zero attached hydrogens (tertiary/aromatic N) is 2. The van der Waals surface area contributed by atoms with Gasteiger partial charge < -0.3 is 5.43 Å². The van der Waals surface area contributed by atoms with E-state index in [9.17, 15) is 0 Å². The first-order valence-corrected chi connectivity index (χ1v) is 7.05. The van der Waals surface area contributed by atoms with E-state index in [1.54, 1.807) is 0 Å². The van der Waals surface area contributed by atoms with Gasteiger partial charge in [0.25, 0.3) is 0 Å². The van der Waals surface area contributed by atoms with Gasteiger partial charge in [0.2, 0.25) is 4.77 Å². The van der Waals surface area contributed by atoms with Crippen molar-refractivity contribution in [3.05, 3.63) is 44.9 Å². The van der Waals surface area contributed by atoms with E-state index < -0.39 is 0 Å². The Balaban J connectivity index is 2.07. The van der Waals surface area contributed by atoms with Crippen LogP contribution in [0.5, 0.6) is 0 Å². The maximum Gasteiger partial charge on any atom is 0.214 e. The summed E-state index contributed by atoms with van der Waals surface area (Å²) in [7, 11) is 0. The van der Waals surface area contributed by atoms with E-state index in [1.165, 1.54) is 5.56 Å². The van der Waals surface area contributed by atoms with Crippen LogP contribution in [0.4, 0.5) is 0 Å². The van der Waals surface area contributed by atoms with Crippen LogP contribution in [0.25, 0.3) is 0 Å². The molecule has 0 saturated carbocycles. The summed E-state index contributed by atoms with van der Waals surface area (Å²) in [5.74, 6) is 0.944. The van der Waals surface area contributed by atoms with E-state index in [-0.39, 0.29) is 0 Å². The van der Waals surface area contributed by atoms with Crippen LogP contribution in [0.15, 0.2) is 28.7 Å². The summed E-state index contributed by atoms with van der Waals surface area (Å²) >= 11 is 8.62. The third-order valence-electron chi connectivity index (χ3n) is 2.57. The van der Waals surface area contributed by atoms with Crippen molar-refractivity contribution in [1.82, 2.24) is 14.9 Å². The normalized spacial score (nSPS) is 10.6. The molecule has 0 atom stereocenters. The van der Waals surface area contributed by atoms with E-state index in [0.717, 1.165) is 29.7 Å². The molecule has 0 bridgehead atoms. The largest absolute Gasteiger partial charge is 0.318 e. The Hall–Kier alpha value is -1.14. The molecule has 96 valence electrons. The summed E-state index contributed by atoms with van der Waals surface area (Å²) in [5.41, 5.74) is 4.48. The molecule has 0 saturated heterocycles. The predicted octanol–water partition coefficient (Wildman–Crippen LogP) is 3.40. The first kappa shape index (κ1) is 13.3. The zero-order valence-electron chi connectivity index (χ0n) is 10.1. The first-order chi connectivity index (χ1) is 8.70. The zero-order valence-corrected chi connectivity index (χ0v) is 12.5. The number of aryl methyl sites for hydroxylation is 1. The minimum Gasteiger partial charge on any atom is -0.318 e. The van der Waals surface area contributed by atoms with Crippen LogP contribution < -0.4 is 5.43 Å². The summed E-state index contributed by atoms with van der Waals surface area (Å²) < 4.78 is 3.54. The molecule has 0 spiro atoms. The molecule has 18 heavy (non-hydrogen) atoms. The predicted molar refractivity (Wildman–Crippen MR) is 78.6 cm³/mol. The molecule has 2 N–H and O–H groups in total. The fourth-order valence-corrected chi connectivity index (χ4v) is 2.14. The number of aromatic nitrogens is 3. The van der Waals surface area contributed by atoms with Crippen molar-refractivity contribution in [1.29, 1.82) is 0 Å². The van der Waals surface area contributed by atoms with Gasteiger partial charge in [0.05, 0.1) is 6.54 Å². The molecular formula is C12H15BrN4S. The Bertz CT molecular complexity index is 558. The Kier molecular flexibility index (Phi) is 4.54. The van der Waals surface area contributed by atoms with Crippen molar-refractivity contribution in [2.45, 2.75) is 26.3 Å². The Morgan fingerprint density at radius 1 is 1.39 bits per heavy atom. The molecule has 0 aliphatic rings. The van der Waals surface area contributed by atoms with Gasteiger partial charge in [-0.15, -0.1) is 0 Å². The number of benzene rings is 1. The number of hydrogen-bond acceptors (Lipinski definition) is 3. The Morgan fingerprint density at radius 3 is 2.78 bits per heavy atom. The molecular weight excluding hydrogens is 312 g/mol. The lowest BCUT2D eigenvalue weighted by Crippen LogP contribution is -2.17. The highest BCUT2D eigenvalue weighted by Gasteiger charge is 2.04. The molecule has 0 amide bonds.